The first-order valence-corrected chi connectivity index (χ1v) is 7.99. The Balaban J connectivity index is 1.84. The average molecular weight is 342 g/mol. The first-order valence-electron chi connectivity index (χ1n) is 7.99. The highest BCUT2D eigenvalue weighted by atomic mass is 16.5. The maximum atomic E-state index is 12.4. The molecular weight excluding hydrogens is 328 g/mol. The van der Waals surface area contributed by atoms with Crippen LogP contribution >= 0.6 is 0 Å². The lowest BCUT2D eigenvalue weighted by Gasteiger charge is -2.24. The van der Waals surface area contributed by atoms with E-state index < -0.39 is 5.92 Å². The molecule has 4 rings (SSSR count). The van der Waals surface area contributed by atoms with Crippen molar-refractivity contribution in [3.05, 3.63) is 93.9 Å². The number of H-pyrrole nitrogens is 1. The zero-order valence-corrected chi connectivity index (χ0v) is 13.6. The molecule has 0 radical (unpaired) electrons. The number of benzene rings is 2. The Kier molecular flexibility index (Phi) is 3.75. The summed E-state index contributed by atoms with van der Waals surface area (Å²) in [5, 5.41) is 9.54. The van der Waals surface area contributed by atoms with Gasteiger partial charge >= 0.3 is 0 Å². The minimum absolute atomic E-state index is 0.0322. The minimum atomic E-state index is -0.619. The summed E-state index contributed by atoms with van der Waals surface area (Å²) >= 11 is 0. The molecule has 1 aliphatic rings. The Hall–Kier alpha value is -3.85. The minimum Gasteiger partial charge on any atom is -0.422 e. The summed E-state index contributed by atoms with van der Waals surface area (Å²) in [6.45, 7) is 0. The molecular formula is C20H14N4O2. The SMILES string of the molecule is N#CC1=C(N)Oc2nc[nH]c(=O)c2C1c1ccc(-c2ccccc2)cc1. The number of allylic oxidation sites excluding steroid dienone is 1. The molecule has 0 fully saturated rings. The molecule has 1 aromatic heterocycles. The second-order valence-electron chi connectivity index (χ2n) is 5.86. The van der Waals surface area contributed by atoms with Crippen LogP contribution in [0.4, 0.5) is 0 Å². The number of aromatic nitrogens is 2. The third-order valence-corrected chi connectivity index (χ3v) is 4.37. The maximum Gasteiger partial charge on any atom is 0.258 e. The van der Waals surface area contributed by atoms with E-state index in [9.17, 15) is 10.1 Å². The monoisotopic (exact) mass is 342 g/mol. The van der Waals surface area contributed by atoms with Gasteiger partial charge in [-0.05, 0) is 16.7 Å². The fourth-order valence-electron chi connectivity index (χ4n) is 3.13. The first-order chi connectivity index (χ1) is 12.7. The van der Waals surface area contributed by atoms with E-state index in [4.69, 9.17) is 10.5 Å². The summed E-state index contributed by atoms with van der Waals surface area (Å²) in [6.07, 6.45) is 1.25. The van der Waals surface area contributed by atoms with Crippen LogP contribution in [0.1, 0.15) is 17.0 Å². The molecule has 0 saturated carbocycles. The topological polar surface area (TPSA) is 105 Å². The molecule has 2 heterocycles. The molecule has 0 bridgehead atoms. The van der Waals surface area contributed by atoms with Crippen LogP contribution in [0.25, 0.3) is 11.1 Å². The summed E-state index contributed by atoms with van der Waals surface area (Å²) in [5.74, 6) is -0.524. The Morgan fingerprint density at radius 2 is 1.77 bits per heavy atom. The zero-order valence-electron chi connectivity index (χ0n) is 13.6. The summed E-state index contributed by atoms with van der Waals surface area (Å²) < 4.78 is 5.36. The van der Waals surface area contributed by atoms with Gasteiger partial charge in [-0.15, -0.1) is 0 Å². The normalized spacial score (nSPS) is 15.7. The molecule has 3 aromatic rings. The number of nitrogens with one attached hydrogen (secondary N) is 1. The fourth-order valence-corrected chi connectivity index (χ4v) is 3.13. The molecule has 1 aliphatic heterocycles. The van der Waals surface area contributed by atoms with Crippen LogP contribution in [0, 0.1) is 11.3 Å². The average Bonchev–Trinajstić information content (AvgIpc) is 2.68. The number of rotatable bonds is 2. The Morgan fingerprint density at radius 1 is 1.08 bits per heavy atom. The number of nitriles is 1. The maximum absolute atomic E-state index is 12.4. The van der Waals surface area contributed by atoms with E-state index in [0.29, 0.717) is 0 Å². The van der Waals surface area contributed by atoms with Crippen molar-refractivity contribution in [1.82, 2.24) is 9.97 Å². The van der Waals surface area contributed by atoms with Crippen LogP contribution < -0.4 is 16.0 Å². The second-order valence-corrected chi connectivity index (χ2v) is 5.86. The van der Waals surface area contributed by atoms with Gasteiger partial charge in [0.1, 0.15) is 11.6 Å². The van der Waals surface area contributed by atoms with Gasteiger partial charge in [0.2, 0.25) is 11.8 Å². The van der Waals surface area contributed by atoms with Crippen LogP contribution in [0.5, 0.6) is 5.88 Å². The highest BCUT2D eigenvalue weighted by Crippen LogP contribution is 2.39. The lowest BCUT2D eigenvalue weighted by molar-refractivity contribution is 0.375. The predicted molar refractivity (Wildman–Crippen MR) is 96.0 cm³/mol. The predicted octanol–water partition coefficient (Wildman–Crippen LogP) is 2.66. The van der Waals surface area contributed by atoms with E-state index in [0.717, 1.165) is 16.7 Å². The molecule has 6 heteroatoms. The molecule has 2 aromatic carbocycles. The largest absolute Gasteiger partial charge is 0.422 e. The van der Waals surface area contributed by atoms with Crippen molar-refractivity contribution in [1.29, 1.82) is 5.26 Å². The Morgan fingerprint density at radius 3 is 2.46 bits per heavy atom. The van der Waals surface area contributed by atoms with Crippen molar-refractivity contribution in [2.24, 2.45) is 5.73 Å². The second kappa shape index (κ2) is 6.22. The van der Waals surface area contributed by atoms with Gasteiger partial charge in [-0.1, -0.05) is 54.6 Å². The molecule has 1 atom stereocenters. The number of nitrogens with zero attached hydrogens (tertiary/aromatic N) is 2. The van der Waals surface area contributed by atoms with Gasteiger partial charge in [0, 0.05) is 0 Å². The molecule has 26 heavy (non-hydrogen) atoms. The van der Waals surface area contributed by atoms with E-state index in [-0.39, 0.29) is 28.5 Å². The van der Waals surface area contributed by atoms with Crippen LogP contribution in [0.15, 0.2) is 77.2 Å². The molecule has 126 valence electrons. The first kappa shape index (κ1) is 15.7. The molecule has 3 N–H and O–H groups in total. The summed E-state index contributed by atoms with van der Waals surface area (Å²) in [5.41, 5.74) is 8.91. The Bertz CT molecular complexity index is 1090. The van der Waals surface area contributed by atoms with E-state index in [2.05, 4.69) is 16.0 Å². The highest BCUT2D eigenvalue weighted by Gasteiger charge is 2.33. The van der Waals surface area contributed by atoms with Gasteiger partial charge in [0.05, 0.1) is 17.8 Å². The number of fused-ring (bicyclic) bond motifs is 1. The summed E-state index contributed by atoms with van der Waals surface area (Å²) in [6, 6.07) is 19.7. The third kappa shape index (κ3) is 2.52. The van der Waals surface area contributed by atoms with Crippen molar-refractivity contribution in [3.8, 4) is 23.1 Å². The van der Waals surface area contributed by atoms with Gasteiger partial charge in [-0.3, -0.25) is 4.79 Å². The number of hydrogen-bond donors (Lipinski definition) is 2. The van der Waals surface area contributed by atoms with Crippen LogP contribution in [-0.2, 0) is 0 Å². The number of aromatic amines is 1. The molecule has 1 unspecified atom stereocenters. The van der Waals surface area contributed by atoms with Crippen LogP contribution in [0.3, 0.4) is 0 Å². The van der Waals surface area contributed by atoms with Gasteiger partial charge < -0.3 is 15.5 Å². The van der Waals surface area contributed by atoms with Gasteiger partial charge in [0.25, 0.3) is 5.56 Å². The number of nitrogens with two attached hydrogens (primary N) is 1. The highest BCUT2D eigenvalue weighted by molar-refractivity contribution is 5.64. The number of hydrogen-bond acceptors (Lipinski definition) is 5. The fraction of sp³-hybridized carbons (Fsp3) is 0.0500. The van der Waals surface area contributed by atoms with Gasteiger partial charge in [-0.2, -0.15) is 5.26 Å². The van der Waals surface area contributed by atoms with E-state index in [1.165, 1.54) is 6.33 Å². The van der Waals surface area contributed by atoms with Crippen molar-refractivity contribution < 1.29 is 4.74 Å². The van der Waals surface area contributed by atoms with E-state index in [1.807, 2.05) is 54.6 Å². The number of ether oxygens (including phenoxy) is 1. The van der Waals surface area contributed by atoms with E-state index in [1.54, 1.807) is 0 Å². The molecule has 0 saturated heterocycles. The smallest absolute Gasteiger partial charge is 0.258 e. The molecule has 0 amide bonds. The van der Waals surface area contributed by atoms with Crippen molar-refractivity contribution in [2.75, 3.05) is 0 Å². The van der Waals surface area contributed by atoms with Crippen LogP contribution in [-0.4, -0.2) is 9.97 Å². The third-order valence-electron chi connectivity index (χ3n) is 4.37. The lowest BCUT2D eigenvalue weighted by Crippen LogP contribution is -2.28. The molecule has 6 nitrogen and oxygen atoms in total. The quantitative estimate of drug-likeness (QED) is 0.745. The van der Waals surface area contributed by atoms with Crippen LogP contribution in [0.2, 0.25) is 0 Å². The zero-order chi connectivity index (χ0) is 18.1. The Labute approximate surface area is 149 Å². The summed E-state index contributed by atoms with van der Waals surface area (Å²) in [4.78, 5) is 18.9. The van der Waals surface area contributed by atoms with Crippen molar-refractivity contribution in [2.45, 2.75) is 5.92 Å². The standard InChI is InChI=1S/C20H14N4O2/c21-10-15-16(17-19(25)23-11-24-20(17)26-18(15)22)14-8-6-13(7-9-14)12-4-2-1-3-5-12/h1-9,11,16H,22H2,(H,23,24,25). The van der Waals surface area contributed by atoms with Gasteiger partial charge in [0.15, 0.2) is 0 Å². The molecule has 0 aliphatic carbocycles. The van der Waals surface area contributed by atoms with Crippen molar-refractivity contribution in [3.63, 3.8) is 0 Å². The summed E-state index contributed by atoms with van der Waals surface area (Å²) in [7, 11) is 0. The van der Waals surface area contributed by atoms with Gasteiger partial charge in [-0.25, -0.2) is 4.98 Å². The lowest BCUT2D eigenvalue weighted by atomic mass is 9.84. The van der Waals surface area contributed by atoms with Crippen molar-refractivity contribution >= 4 is 0 Å². The molecule has 0 spiro atoms. The van der Waals surface area contributed by atoms with E-state index >= 15 is 0 Å².